The third-order valence-corrected chi connectivity index (χ3v) is 1.31. The molecule has 0 atom stereocenters. The van der Waals surface area contributed by atoms with E-state index in [4.69, 9.17) is 0 Å². The molecule has 1 rings (SSSR count). The van der Waals surface area contributed by atoms with E-state index in [1.54, 1.807) is 0 Å². The number of nitrogens with one attached hydrogen (secondary N) is 1. The molecular formula is C10H12N+. The van der Waals surface area contributed by atoms with Crippen LogP contribution in [0.1, 0.15) is 12.5 Å². The monoisotopic (exact) mass is 146 g/mol. The Morgan fingerprint density at radius 2 is 1.91 bits per heavy atom. The molecule has 56 valence electrons. The second-order valence-electron chi connectivity index (χ2n) is 2.22. The van der Waals surface area contributed by atoms with Crippen LogP contribution in [0.25, 0.3) is 0 Å². The quantitative estimate of drug-likeness (QED) is 0.591. The van der Waals surface area contributed by atoms with Crippen molar-refractivity contribution in [2.24, 2.45) is 0 Å². The van der Waals surface area contributed by atoms with Gasteiger partial charge in [-0.2, -0.15) is 0 Å². The Balaban J connectivity index is 2.64. The summed E-state index contributed by atoms with van der Waals surface area (Å²) in [5.41, 5.74) is 1.19. The van der Waals surface area contributed by atoms with E-state index >= 15 is 0 Å². The molecule has 0 saturated carbocycles. The summed E-state index contributed by atoms with van der Waals surface area (Å²) < 4.78 is 0. The lowest BCUT2D eigenvalue weighted by Gasteiger charge is -1.83. The summed E-state index contributed by atoms with van der Waals surface area (Å²) in [6.45, 7) is 1.98. The van der Waals surface area contributed by atoms with Gasteiger partial charge in [0.15, 0.2) is 12.4 Å². The van der Waals surface area contributed by atoms with Crippen LogP contribution >= 0.6 is 0 Å². The van der Waals surface area contributed by atoms with Gasteiger partial charge in [-0.3, -0.25) is 0 Å². The Hall–Kier alpha value is -1.37. The smallest absolute Gasteiger partial charge is 0.174 e. The predicted octanol–water partition coefficient (Wildman–Crippen LogP) is 0.720. The van der Waals surface area contributed by atoms with Gasteiger partial charge >= 0.3 is 0 Å². The summed E-state index contributed by atoms with van der Waals surface area (Å²) >= 11 is 0. The maximum absolute atomic E-state index is 3.05. The fourth-order valence-electron chi connectivity index (χ4n) is 0.790. The van der Waals surface area contributed by atoms with E-state index in [1.807, 2.05) is 43.6 Å². The standard InChI is InChI=1S/C10H11N/c1-2-8-11-9-10-6-4-3-5-7-10/h2-9H,1H3/p+1/b8-2-,11-9?. The number of rotatable bonds is 2. The highest BCUT2D eigenvalue weighted by Crippen LogP contribution is 1.90. The van der Waals surface area contributed by atoms with Gasteiger partial charge in [-0.25, -0.2) is 4.99 Å². The van der Waals surface area contributed by atoms with Gasteiger partial charge in [0.1, 0.15) is 0 Å². The van der Waals surface area contributed by atoms with Crippen LogP contribution in [0.5, 0.6) is 0 Å². The lowest BCUT2D eigenvalue weighted by atomic mass is 10.2. The second-order valence-corrected chi connectivity index (χ2v) is 2.22. The predicted molar refractivity (Wildman–Crippen MR) is 47.4 cm³/mol. The molecule has 0 heterocycles. The molecule has 0 saturated heterocycles. The first kappa shape index (κ1) is 7.73. The van der Waals surface area contributed by atoms with E-state index in [-0.39, 0.29) is 0 Å². The lowest BCUT2D eigenvalue weighted by molar-refractivity contribution is -0.366. The van der Waals surface area contributed by atoms with E-state index in [2.05, 4.69) is 17.1 Å². The Kier molecular flexibility index (Phi) is 3.13. The first-order chi connectivity index (χ1) is 5.43. The number of hydrogen-bond acceptors (Lipinski definition) is 0. The zero-order valence-electron chi connectivity index (χ0n) is 6.62. The summed E-state index contributed by atoms with van der Waals surface area (Å²) in [6, 6.07) is 10.1. The van der Waals surface area contributed by atoms with Gasteiger partial charge in [-0.1, -0.05) is 18.2 Å². The van der Waals surface area contributed by atoms with Crippen molar-refractivity contribution >= 4 is 6.21 Å². The molecule has 1 N–H and O–H groups in total. The Morgan fingerprint density at radius 1 is 1.18 bits per heavy atom. The zero-order valence-corrected chi connectivity index (χ0v) is 6.62. The molecule has 0 aliphatic heterocycles. The molecular weight excluding hydrogens is 134 g/mol. The summed E-state index contributed by atoms with van der Waals surface area (Å²) in [5, 5.41) is 0. The fourth-order valence-corrected chi connectivity index (χ4v) is 0.790. The van der Waals surface area contributed by atoms with Crippen LogP contribution in [0.3, 0.4) is 0 Å². The molecule has 0 bridgehead atoms. The van der Waals surface area contributed by atoms with Gasteiger partial charge in [0, 0.05) is 5.56 Å². The molecule has 0 unspecified atom stereocenters. The van der Waals surface area contributed by atoms with Crippen molar-refractivity contribution in [1.82, 2.24) is 0 Å². The van der Waals surface area contributed by atoms with Crippen LogP contribution in [0.4, 0.5) is 0 Å². The molecule has 0 aliphatic rings. The van der Waals surface area contributed by atoms with Crippen LogP contribution in [-0.2, 0) is 0 Å². The van der Waals surface area contributed by atoms with Crippen molar-refractivity contribution in [2.45, 2.75) is 6.92 Å². The number of hydrogen-bond donors (Lipinski definition) is 1. The van der Waals surface area contributed by atoms with Crippen molar-refractivity contribution in [3.05, 3.63) is 48.2 Å². The van der Waals surface area contributed by atoms with Crippen LogP contribution in [-0.4, -0.2) is 6.21 Å². The van der Waals surface area contributed by atoms with E-state index in [0.29, 0.717) is 0 Å². The normalized spacial score (nSPS) is 11.4. The van der Waals surface area contributed by atoms with Crippen molar-refractivity contribution in [1.29, 1.82) is 0 Å². The topological polar surface area (TPSA) is 14.0 Å². The highest BCUT2D eigenvalue weighted by Gasteiger charge is 1.84. The molecule has 1 nitrogen and oxygen atoms in total. The maximum Gasteiger partial charge on any atom is 0.174 e. The van der Waals surface area contributed by atoms with Crippen molar-refractivity contribution in [2.75, 3.05) is 0 Å². The summed E-state index contributed by atoms with van der Waals surface area (Å²) in [6.07, 6.45) is 5.81. The maximum atomic E-state index is 3.05. The average Bonchev–Trinajstić information content (AvgIpc) is 2.07. The molecule has 0 radical (unpaired) electrons. The summed E-state index contributed by atoms with van der Waals surface area (Å²) in [7, 11) is 0. The van der Waals surface area contributed by atoms with Crippen LogP contribution < -0.4 is 4.99 Å². The third kappa shape index (κ3) is 2.80. The molecule has 0 aromatic heterocycles. The summed E-state index contributed by atoms with van der Waals surface area (Å²) in [4.78, 5) is 3.05. The molecule has 0 spiro atoms. The molecule has 0 amide bonds. The highest BCUT2D eigenvalue weighted by atomic mass is 14.7. The summed E-state index contributed by atoms with van der Waals surface area (Å²) in [5.74, 6) is 0. The van der Waals surface area contributed by atoms with Crippen LogP contribution in [0, 0.1) is 0 Å². The Labute approximate surface area is 67.1 Å². The van der Waals surface area contributed by atoms with E-state index < -0.39 is 0 Å². The lowest BCUT2D eigenvalue weighted by Crippen LogP contribution is -2.61. The van der Waals surface area contributed by atoms with Gasteiger partial charge in [-0.15, -0.1) is 0 Å². The number of benzene rings is 1. The first-order valence-corrected chi connectivity index (χ1v) is 3.69. The van der Waals surface area contributed by atoms with Crippen LogP contribution in [0.2, 0.25) is 0 Å². The van der Waals surface area contributed by atoms with Gasteiger partial charge in [0.25, 0.3) is 0 Å². The van der Waals surface area contributed by atoms with Gasteiger partial charge in [-0.05, 0) is 25.1 Å². The molecule has 1 heteroatoms. The minimum Gasteiger partial charge on any atom is -0.218 e. The SMILES string of the molecule is C/C=C\[NH+]=Cc1ccccc1. The van der Waals surface area contributed by atoms with Crippen molar-refractivity contribution < 1.29 is 4.99 Å². The Bertz CT molecular complexity index is 247. The largest absolute Gasteiger partial charge is 0.218 e. The third-order valence-electron chi connectivity index (χ3n) is 1.31. The minimum absolute atomic E-state index is 1.19. The van der Waals surface area contributed by atoms with E-state index in [1.165, 1.54) is 5.56 Å². The molecule has 1 aromatic rings. The molecule has 0 aliphatic carbocycles. The van der Waals surface area contributed by atoms with Crippen molar-refractivity contribution in [3.8, 4) is 0 Å². The van der Waals surface area contributed by atoms with E-state index in [0.717, 1.165) is 0 Å². The highest BCUT2D eigenvalue weighted by molar-refractivity contribution is 5.74. The second kappa shape index (κ2) is 4.45. The molecule has 0 fully saturated rings. The van der Waals surface area contributed by atoms with Crippen molar-refractivity contribution in [3.63, 3.8) is 0 Å². The van der Waals surface area contributed by atoms with Gasteiger partial charge < -0.3 is 0 Å². The molecule has 11 heavy (non-hydrogen) atoms. The van der Waals surface area contributed by atoms with Gasteiger partial charge in [0.05, 0.1) is 0 Å². The Morgan fingerprint density at radius 3 is 2.55 bits per heavy atom. The van der Waals surface area contributed by atoms with Gasteiger partial charge in [0.2, 0.25) is 0 Å². The zero-order chi connectivity index (χ0) is 7.94. The van der Waals surface area contributed by atoms with Crippen LogP contribution in [0.15, 0.2) is 42.6 Å². The van der Waals surface area contributed by atoms with E-state index in [9.17, 15) is 0 Å². The fraction of sp³-hybridized carbons (Fsp3) is 0.100. The molecule has 1 aromatic carbocycles. The minimum atomic E-state index is 1.19. The number of allylic oxidation sites excluding steroid dienone is 1. The first-order valence-electron chi connectivity index (χ1n) is 3.69. The average molecular weight is 146 g/mol.